The van der Waals surface area contributed by atoms with E-state index in [1.165, 1.54) is 0 Å². The van der Waals surface area contributed by atoms with Crippen LogP contribution in [0.3, 0.4) is 0 Å². The first kappa shape index (κ1) is 46.3. The number of benzene rings is 2. The fourth-order valence-corrected chi connectivity index (χ4v) is 5.60. The molecule has 0 saturated carbocycles. The van der Waals surface area contributed by atoms with E-state index >= 15 is 0 Å². The fourth-order valence-electron chi connectivity index (χ4n) is 5.60. The number of rotatable bonds is 25. The number of nitrogens with one attached hydrogen (secondary N) is 5. The second-order valence-corrected chi connectivity index (χ2v) is 13.7. The van der Waals surface area contributed by atoms with Gasteiger partial charge in [0.05, 0.1) is 18.9 Å². The summed E-state index contributed by atoms with van der Waals surface area (Å²) in [5, 5.41) is 40.8. The Morgan fingerprint density at radius 2 is 0.964 bits per heavy atom. The number of carboxylic acids is 3. The van der Waals surface area contributed by atoms with Gasteiger partial charge in [0.15, 0.2) is 0 Å². The van der Waals surface area contributed by atoms with Crippen molar-refractivity contribution in [3.8, 4) is 0 Å². The predicted molar refractivity (Wildman–Crippen MR) is 202 cm³/mol. The maximum Gasteiger partial charge on any atom is 0.326 e. The van der Waals surface area contributed by atoms with Crippen molar-refractivity contribution in [1.82, 2.24) is 26.6 Å². The number of hydrogen-bond donors (Lipinski definition) is 10. The van der Waals surface area contributed by atoms with Crippen LogP contribution in [-0.4, -0.2) is 106 Å². The van der Waals surface area contributed by atoms with E-state index in [4.69, 9.17) is 16.6 Å². The first-order chi connectivity index (χ1) is 26.5. The summed E-state index contributed by atoms with van der Waals surface area (Å²) in [7, 11) is 0. The van der Waals surface area contributed by atoms with Gasteiger partial charge in [0.2, 0.25) is 29.5 Å². The SMILES string of the molecule is CC(C)C[C@H](NC(=O)[C@H](Cc1ccccc1)NC(=O)[C@H](CC(=O)O)NC(=O)[C@H](Cc1ccccc1)NC(=O)[C@@H](N)CC(=O)O)C(=O)N[C@@H](CCCCN)C(=O)O. The molecule has 0 spiro atoms. The van der Waals surface area contributed by atoms with Crippen molar-refractivity contribution >= 4 is 47.4 Å². The smallest absolute Gasteiger partial charge is 0.326 e. The minimum atomic E-state index is -1.78. The summed E-state index contributed by atoms with van der Waals surface area (Å²) in [5.74, 6) is -8.93. The summed E-state index contributed by atoms with van der Waals surface area (Å²) in [5.41, 5.74) is 12.4. The summed E-state index contributed by atoms with van der Waals surface area (Å²) < 4.78 is 0. The van der Waals surface area contributed by atoms with Crippen LogP contribution in [0.2, 0.25) is 0 Å². The van der Waals surface area contributed by atoms with Crippen molar-refractivity contribution in [2.24, 2.45) is 17.4 Å². The van der Waals surface area contributed by atoms with Crippen LogP contribution in [0.15, 0.2) is 60.7 Å². The van der Waals surface area contributed by atoms with Crippen LogP contribution in [0.5, 0.6) is 0 Å². The lowest BCUT2D eigenvalue weighted by atomic mass is 10.00. The van der Waals surface area contributed by atoms with E-state index in [2.05, 4.69) is 26.6 Å². The van der Waals surface area contributed by atoms with E-state index in [-0.39, 0.29) is 31.6 Å². The molecule has 18 heteroatoms. The Labute approximate surface area is 324 Å². The van der Waals surface area contributed by atoms with E-state index in [9.17, 15) is 48.6 Å². The Kier molecular flexibility index (Phi) is 19.7. The molecule has 0 radical (unpaired) electrons. The van der Waals surface area contributed by atoms with Crippen LogP contribution < -0.4 is 38.1 Å². The highest BCUT2D eigenvalue weighted by Gasteiger charge is 2.34. The summed E-state index contributed by atoms with van der Waals surface area (Å²) in [6.45, 7) is 3.92. The van der Waals surface area contributed by atoms with Gasteiger partial charge in [-0.1, -0.05) is 74.5 Å². The van der Waals surface area contributed by atoms with Crippen LogP contribution in [0.4, 0.5) is 0 Å². The van der Waals surface area contributed by atoms with Crippen molar-refractivity contribution < 1.29 is 53.7 Å². The van der Waals surface area contributed by atoms with E-state index < -0.39 is 96.5 Å². The third-order valence-corrected chi connectivity index (χ3v) is 8.48. The number of unbranched alkanes of at least 4 members (excludes halogenated alkanes) is 1. The molecule has 0 unspecified atom stereocenters. The van der Waals surface area contributed by atoms with E-state index in [0.717, 1.165) is 0 Å². The normalized spacial score (nSPS) is 14.2. The number of hydrogen-bond acceptors (Lipinski definition) is 10. The molecule has 306 valence electrons. The standard InChI is InChI=1S/C38H53N7O11/c1-22(2)17-27(34(51)41-26(38(55)56)15-9-10-16-39)43-36(53)29(19-24-13-7-4-8-14-24)44-37(54)30(21-32(48)49)45-35(52)28(18-23-11-5-3-6-12-23)42-33(50)25(40)20-31(46)47/h3-8,11-14,22,25-30H,9-10,15-21,39-40H2,1-2H3,(H,41,51)(H,42,50)(H,43,53)(H,44,54)(H,45,52)(H,46,47)(H,48,49)(H,55,56)/t25-,26-,27-,28-,29-,30-/m0/s1. The van der Waals surface area contributed by atoms with Gasteiger partial charge in [0.1, 0.15) is 30.2 Å². The largest absolute Gasteiger partial charge is 0.481 e. The minimum absolute atomic E-state index is 0.0983. The van der Waals surface area contributed by atoms with Crippen molar-refractivity contribution in [3.05, 3.63) is 71.8 Å². The van der Waals surface area contributed by atoms with Crippen molar-refractivity contribution in [3.63, 3.8) is 0 Å². The fraction of sp³-hybridized carbons (Fsp3) is 0.474. The molecule has 0 bridgehead atoms. The number of carboxylic acid groups (broad SMARTS) is 3. The van der Waals surface area contributed by atoms with E-state index in [0.29, 0.717) is 30.5 Å². The molecule has 18 nitrogen and oxygen atoms in total. The molecule has 2 rings (SSSR count). The highest BCUT2D eigenvalue weighted by molar-refractivity contribution is 5.98. The number of nitrogens with two attached hydrogens (primary N) is 2. The zero-order valence-corrected chi connectivity index (χ0v) is 31.4. The lowest BCUT2D eigenvalue weighted by Gasteiger charge is -2.27. The Bertz CT molecular complexity index is 1640. The molecular weight excluding hydrogens is 730 g/mol. The topological polar surface area (TPSA) is 309 Å². The third-order valence-electron chi connectivity index (χ3n) is 8.48. The lowest BCUT2D eigenvalue weighted by molar-refractivity contribution is -0.142. The molecule has 2 aromatic rings. The van der Waals surface area contributed by atoms with Gasteiger partial charge in [-0.25, -0.2) is 4.79 Å². The molecule has 0 aromatic heterocycles. The van der Waals surface area contributed by atoms with Crippen LogP contribution in [-0.2, 0) is 51.2 Å². The maximum absolute atomic E-state index is 13.9. The molecule has 12 N–H and O–H groups in total. The summed E-state index contributed by atoms with van der Waals surface area (Å²) in [6, 6.07) is 8.16. The van der Waals surface area contributed by atoms with Crippen molar-refractivity contribution in [2.75, 3.05) is 6.54 Å². The van der Waals surface area contributed by atoms with Gasteiger partial charge in [-0.05, 0) is 49.3 Å². The second-order valence-electron chi connectivity index (χ2n) is 13.7. The van der Waals surface area contributed by atoms with Gasteiger partial charge in [-0.15, -0.1) is 0 Å². The van der Waals surface area contributed by atoms with Gasteiger partial charge in [-0.3, -0.25) is 33.6 Å². The van der Waals surface area contributed by atoms with E-state index in [1.807, 2.05) is 0 Å². The first-order valence-electron chi connectivity index (χ1n) is 18.2. The van der Waals surface area contributed by atoms with Gasteiger partial charge >= 0.3 is 17.9 Å². The molecule has 56 heavy (non-hydrogen) atoms. The van der Waals surface area contributed by atoms with Gasteiger partial charge in [0, 0.05) is 12.8 Å². The van der Waals surface area contributed by atoms with Crippen LogP contribution in [0.25, 0.3) is 0 Å². The molecule has 0 fully saturated rings. The Balaban J connectivity index is 2.39. The number of aliphatic carboxylic acids is 3. The summed E-state index contributed by atoms with van der Waals surface area (Å²) >= 11 is 0. The average Bonchev–Trinajstić information content (AvgIpc) is 3.13. The quantitative estimate of drug-likeness (QED) is 0.0565. The highest BCUT2D eigenvalue weighted by Crippen LogP contribution is 2.11. The first-order valence-corrected chi connectivity index (χ1v) is 18.2. The highest BCUT2D eigenvalue weighted by atomic mass is 16.4. The van der Waals surface area contributed by atoms with Gasteiger partial charge in [0.25, 0.3) is 0 Å². The second kappa shape index (κ2) is 23.8. The Morgan fingerprint density at radius 3 is 1.41 bits per heavy atom. The number of carbonyl (C=O) groups is 8. The molecule has 0 aliphatic carbocycles. The molecule has 6 atom stereocenters. The summed E-state index contributed by atoms with van der Waals surface area (Å²) in [6.07, 6.45) is -0.780. The van der Waals surface area contributed by atoms with Gasteiger partial charge < -0.3 is 53.4 Å². The lowest BCUT2D eigenvalue weighted by Crippen LogP contribution is -2.60. The number of carbonyl (C=O) groups excluding carboxylic acids is 5. The zero-order valence-electron chi connectivity index (χ0n) is 31.4. The molecule has 0 saturated heterocycles. The average molecular weight is 784 g/mol. The van der Waals surface area contributed by atoms with Crippen LogP contribution in [0, 0.1) is 5.92 Å². The molecule has 0 aliphatic rings. The molecule has 2 aromatic carbocycles. The monoisotopic (exact) mass is 783 g/mol. The predicted octanol–water partition coefficient (Wildman–Crippen LogP) is -0.568. The molecule has 5 amide bonds. The summed E-state index contributed by atoms with van der Waals surface area (Å²) in [4.78, 5) is 102. The Hall–Kier alpha value is -5.88. The van der Waals surface area contributed by atoms with Gasteiger partial charge in [-0.2, -0.15) is 0 Å². The number of amides is 5. The van der Waals surface area contributed by atoms with E-state index in [1.54, 1.807) is 74.5 Å². The molecule has 0 aliphatic heterocycles. The van der Waals surface area contributed by atoms with Crippen molar-refractivity contribution in [2.45, 2.75) is 101 Å². The molecular formula is C38H53N7O11. The van der Waals surface area contributed by atoms with Crippen molar-refractivity contribution in [1.29, 1.82) is 0 Å². The third kappa shape index (κ3) is 17.1. The Morgan fingerprint density at radius 1 is 0.554 bits per heavy atom. The minimum Gasteiger partial charge on any atom is -0.481 e. The zero-order chi connectivity index (χ0) is 41.8. The van der Waals surface area contributed by atoms with Crippen LogP contribution >= 0.6 is 0 Å². The maximum atomic E-state index is 13.9. The molecule has 0 heterocycles. The van der Waals surface area contributed by atoms with Crippen LogP contribution in [0.1, 0.15) is 63.5 Å².